The molecule has 1 atom stereocenters. The van der Waals surface area contributed by atoms with Crippen LogP contribution in [0.4, 0.5) is 18.9 Å². The number of hydrogen-bond donors (Lipinski definition) is 1. The van der Waals surface area contributed by atoms with Crippen LogP contribution in [0.3, 0.4) is 0 Å². The number of alkyl halides is 3. The first-order chi connectivity index (χ1) is 11.6. The molecule has 134 valence electrons. The Morgan fingerprint density at radius 3 is 2.24 bits per heavy atom. The molecule has 2 nitrogen and oxygen atoms in total. The van der Waals surface area contributed by atoms with Gasteiger partial charge < -0.3 is 5.32 Å². The second-order valence-corrected chi connectivity index (χ2v) is 7.04. The van der Waals surface area contributed by atoms with Gasteiger partial charge in [0.05, 0.1) is 11.3 Å². The molecule has 1 N–H and O–H groups in total. The first-order valence-electron chi connectivity index (χ1n) is 7.77. The minimum absolute atomic E-state index is 0.127. The van der Waals surface area contributed by atoms with Crippen molar-refractivity contribution in [2.24, 2.45) is 5.41 Å². The molecule has 25 heavy (non-hydrogen) atoms. The van der Waals surface area contributed by atoms with E-state index in [0.29, 0.717) is 5.41 Å². The van der Waals surface area contributed by atoms with Crippen molar-refractivity contribution in [2.45, 2.75) is 32.4 Å². The second kappa shape index (κ2) is 7.48. The number of rotatable bonds is 3. The number of carbonyl (C=O) groups excluding carboxylic acids is 1. The van der Waals surface area contributed by atoms with Crippen LogP contribution in [0.5, 0.6) is 0 Å². The molecule has 1 amide bonds. The highest BCUT2D eigenvalue weighted by Crippen LogP contribution is 2.58. The second-order valence-electron chi connectivity index (χ2n) is 6.61. The van der Waals surface area contributed by atoms with E-state index in [0.717, 1.165) is 24.1 Å². The zero-order valence-corrected chi connectivity index (χ0v) is 14.7. The monoisotopic (exact) mass is 369 g/mol. The summed E-state index contributed by atoms with van der Waals surface area (Å²) in [5.74, 6) is 0.823. The summed E-state index contributed by atoms with van der Waals surface area (Å²) in [6.07, 6.45) is -2.98. The highest BCUT2D eigenvalue weighted by atomic mass is 35.5. The number of benzene rings is 2. The molecule has 1 fully saturated rings. The molecular formula is C19H19ClF3NO. The number of carbonyl (C=O) groups is 1. The van der Waals surface area contributed by atoms with Crippen LogP contribution in [-0.4, -0.2) is 6.41 Å². The number of anilines is 1. The lowest BCUT2D eigenvalue weighted by Gasteiger charge is -2.11. The topological polar surface area (TPSA) is 29.1 Å². The van der Waals surface area contributed by atoms with Crippen molar-refractivity contribution in [3.63, 3.8) is 0 Å². The molecule has 0 heterocycles. The van der Waals surface area contributed by atoms with Gasteiger partial charge in [-0.25, -0.2) is 0 Å². The molecule has 0 aromatic heterocycles. The molecule has 0 saturated heterocycles. The minimum atomic E-state index is -4.50. The fourth-order valence-corrected chi connectivity index (χ4v) is 2.84. The van der Waals surface area contributed by atoms with Gasteiger partial charge in [0, 0.05) is 5.02 Å². The van der Waals surface area contributed by atoms with E-state index in [-0.39, 0.29) is 17.1 Å². The van der Waals surface area contributed by atoms with Gasteiger partial charge in [0.2, 0.25) is 6.41 Å². The Balaban J connectivity index is 0.000000185. The van der Waals surface area contributed by atoms with Gasteiger partial charge in [0.15, 0.2) is 0 Å². The van der Waals surface area contributed by atoms with E-state index < -0.39 is 11.7 Å². The van der Waals surface area contributed by atoms with Crippen molar-refractivity contribution in [1.82, 2.24) is 0 Å². The van der Waals surface area contributed by atoms with E-state index in [1.54, 1.807) is 0 Å². The molecule has 6 heteroatoms. The van der Waals surface area contributed by atoms with Crippen molar-refractivity contribution in [1.29, 1.82) is 0 Å². The molecular weight excluding hydrogens is 351 g/mol. The Hall–Kier alpha value is -2.01. The highest BCUT2D eigenvalue weighted by Gasteiger charge is 2.46. The molecule has 1 aliphatic carbocycles. The fourth-order valence-electron chi connectivity index (χ4n) is 2.67. The zero-order chi connectivity index (χ0) is 18.7. The standard InChI is InChI=1S/C11H14.C8H5ClF3NO/c1-11(2)8-10(11)9-6-4-3-5-7-9;9-5-1-2-6(8(10,11)12)7(3-5)13-4-14/h3-7,10H,8H2,1-2H3;1-4H,(H,13,14). The van der Waals surface area contributed by atoms with Gasteiger partial charge in [-0.15, -0.1) is 0 Å². The van der Waals surface area contributed by atoms with Gasteiger partial charge in [0.1, 0.15) is 0 Å². The molecule has 2 aromatic rings. The van der Waals surface area contributed by atoms with Crippen LogP contribution in [-0.2, 0) is 11.0 Å². The van der Waals surface area contributed by atoms with Crippen LogP contribution < -0.4 is 5.32 Å². The third-order valence-corrected chi connectivity index (χ3v) is 4.45. The molecule has 0 aliphatic heterocycles. The summed E-state index contributed by atoms with van der Waals surface area (Å²) in [7, 11) is 0. The third-order valence-electron chi connectivity index (χ3n) is 4.22. The summed E-state index contributed by atoms with van der Waals surface area (Å²) >= 11 is 5.48. The van der Waals surface area contributed by atoms with Gasteiger partial charge in [-0.1, -0.05) is 55.8 Å². The zero-order valence-electron chi connectivity index (χ0n) is 13.9. The summed E-state index contributed by atoms with van der Waals surface area (Å²) in [4.78, 5) is 10.0. The largest absolute Gasteiger partial charge is 0.418 e. The molecule has 2 aromatic carbocycles. The number of hydrogen-bond acceptors (Lipinski definition) is 1. The maximum Gasteiger partial charge on any atom is 0.418 e. The van der Waals surface area contributed by atoms with Gasteiger partial charge in [-0.2, -0.15) is 13.2 Å². The summed E-state index contributed by atoms with van der Waals surface area (Å²) in [6.45, 7) is 4.68. The summed E-state index contributed by atoms with van der Waals surface area (Å²) in [6, 6.07) is 13.8. The predicted octanol–water partition coefficient (Wildman–Crippen LogP) is 6.13. The Labute approximate surface area is 150 Å². The lowest BCUT2D eigenvalue weighted by molar-refractivity contribution is -0.136. The van der Waals surface area contributed by atoms with Gasteiger partial charge in [-0.3, -0.25) is 4.79 Å². The predicted molar refractivity (Wildman–Crippen MR) is 93.7 cm³/mol. The maximum absolute atomic E-state index is 12.3. The SMILES string of the molecule is CC1(C)CC1c1ccccc1.O=CNc1cc(Cl)ccc1C(F)(F)F. The van der Waals surface area contributed by atoms with Crippen molar-refractivity contribution < 1.29 is 18.0 Å². The number of nitrogens with one attached hydrogen (secondary N) is 1. The molecule has 1 aliphatic rings. The van der Waals surface area contributed by atoms with Crippen LogP contribution in [0.1, 0.15) is 37.3 Å². The summed E-state index contributed by atoms with van der Waals surface area (Å²) in [5, 5.41) is 2.07. The Bertz CT molecular complexity index is 729. The van der Waals surface area contributed by atoms with E-state index in [2.05, 4.69) is 44.2 Å². The van der Waals surface area contributed by atoms with Crippen molar-refractivity contribution in [2.75, 3.05) is 5.32 Å². The number of halogens is 4. The van der Waals surface area contributed by atoms with Crippen LogP contribution in [0.25, 0.3) is 0 Å². The molecule has 0 radical (unpaired) electrons. The van der Waals surface area contributed by atoms with Gasteiger partial charge in [-0.05, 0) is 41.5 Å². The molecule has 1 saturated carbocycles. The molecule has 3 rings (SSSR count). The average Bonchev–Trinajstić information content (AvgIpc) is 3.17. The van der Waals surface area contributed by atoms with E-state index in [9.17, 15) is 18.0 Å². The lowest BCUT2D eigenvalue weighted by Crippen LogP contribution is -2.09. The number of amides is 1. The first kappa shape index (κ1) is 19.3. The van der Waals surface area contributed by atoms with Crippen molar-refractivity contribution >= 4 is 23.7 Å². The highest BCUT2D eigenvalue weighted by molar-refractivity contribution is 6.30. The summed E-state index contributed by atoms with van der Waals surface area (Å²) < 4.78 is 36.9. The fraction of sp³-hybridized carbons (Fsp3) is 0.316. The van der Waals surface area contributed by atoms with E-state index in [4.69, 9.17) is 11.6 Å². The van der Waals surface area contributed by atoms with Crippen molar-refractivity contribution in [3.05, 3.63) is 64.7 Å². The van der Waals surface area contributed by atoms with Crippen LogP contribution in [0.15, 0.2) is 48.5 Å². The minimum Gasteiger partial charge on any atom is -0.328 e. The molecule has 1 unspecified atom stereocenters. The lowest BCUT2D eigenvalue weighted by atomic mass is 10.0. The van der Waals surface area contributed by atoms with E-state index >= 15 is 0 Å². The Kier molecular flexibility index (Phi) is 5.78. The van der Waals surface area contributed by atoms with E-state index in [1.165, 1.54) is 12.0 Å². The normalized spacial score (nSPS) is 17.9. The summed E-state index contributed by atoms with van der Waals surface area (Å²) in [5.41, 5.74) is 0.813. The van der Waals surface area contributed by atoms with Crippen LogP contribution in [0.2, 0.25) is 5.02 Å². The quantitative estimate of drug-likeness (QED) is 0.648. The smallest absolute Gasteiger partial charge is 0.328 e. The average molecular weight is 370 g/mol. The van der Waals surface area contributed by atoms with Crippen molar-refractivity contribution in [3.8, 4) is 0 Å². The van der Waals surface area contributed by atoms with Crippen LogP contribution in [0, 0.1) is 5.41 Å². The first-order valence-corrected chi connectivity index (χ1v) is 8.15. The van der Waals surface area contributed by atoms with Crippen LogP contribution >= 0.6 is 11.6 Å². The third kappa shape index (κ3) is 5.23. The van der Waals surface area contributed by atoms with Gasteiger partial charge in [0.25, 0.3) is 0 Å². The Morgan fingerprint density at radius 2 is 1.76 bits per heavy atom. The maximum atomic E-state index is 12.3. The molecule has 0 bridgehead atoms. The van der Waals surface area contributed by atoms with Gasteiger partial charge >= 0.3 is 6.18 Å². The molecule has 0 spiro atoms. The Morgan fingerprint density at radius 1 is 1.16 bits per heavy atom. The van der Waals surface area contributed by atoms with E-state index in [1.807, 2.05) is 5.32 Å².